The minimum atomic E-state index is -4.03. The van der Waals surface area contributed by atoms with E-state index in [2.05, 4.69) is 20.2 Å². The van der Waals surface area contributed by atoms with Gasteiger partial charge in [-0.15, -0.1) is 12.4 Å². The summed E-state index contributed by atoms with van der Waals surface area (Å²) in [5, 5.41) is 6.66. The van der Waals surface area contributed by atoms with Gasteiger partial charge in [-0.05, 0) is 60.0 Å². The van der Waals surface area contributed by atoms with Crippen LogP contribution in [0.4, 0.5) is 0 Å². The Morgan fingerprint density at radius 2 is 1.73 bits per heavy atom. The van der Waals surface area contributed by atoms with Crippen molar-refractivity contribution in [3.8, 4) is 0 Å². The van der Waals surface area contributed by atoms with E-state index in [1.807, 2.05) is 43.3 Å². The molecule has 0 spiro atoms. The third-order valence-corrected chi connectivity index (χ3v) is 8.30. The highest BCUT2D eigenvalue weighted by Gasteiger charge is 2.33. The molecule has 1 aromatic heterocycles. The Balaban J connectivity index is 0.00000320. The molecule has 6 nitrogen and oxygen atoms in total. The van der Waals surface area contributed by atoms with Crippen LogP contribution in [-0.4, -0.2) is 19.1 Å². The molecule has 2 heterocycles. The van der Waals surface area contributed by atoms with Gasteiger partial charge >= 0.3 is 0 Å². The largest absolute Gasteiger partial charge is 0.302 e. The summed E-state index contributed by atoms with van der Waals surface area (Å²) in [6, 6.07) is 18.4. The number of sulfonamides is 1. The van der Waals surface area contributed by atoms with Crippen LogP contribution in [0.15, 0.2) is 82.9 Å². The van der Waals surface area contributed by atoms with Crippen molar-refractivity contribution in [2.75, 3.05) is 0 Å². The maximum atomic E-state index is 13.7. The van der Waals surface area contributed by atoms with Gasteiger partial charge in [-0.1, -0.05) is 65.1 Å². The Bertz CT molecular complexity index is 1590. The number of nitrogens with one attached hydrogen (secondary N) is 2. The lowest BCUT2D eigenvalue weighted by atomic mass is 9.96. The fourth-order valence-electron chi connectivity index (χ4n) is 4.26. The molecular weight excluding hydrogens is 574 g/mol. The number of benzene rings is 3. The van der Waals surface area contributed by atoms with E-state index in [1.54, 1.807) is 36.5 Å². The number of aryl methyl sites for hydroxylation is 1. The molecule has 192 valence electrons. The van der Waals surface area contributed by atoms with Crippen LogP contribution in [0.25, 0.3) is 10.9 Å². The van der Waals surface area contributed by atoms with Crippen LogP contribution in [0, 0.1) is 6.92 Å². The average molecular weight is 596 g/mol. The van der Waals surface area contributed by atoms with Crippen molar-refractivity contribution in [2.45, 2.75) is 30.3 Å². The van der Waals surface area contributed by atoms with Crippen molar-refractivity contribution < 1.29 is 8.42 Å². The van der Waals surface area contributed by atoms with Crippen LogP contribution in [0.2, 0.25) is 15.1 Å². The molecule has 0 aliphatic carbocycles. The van der Waals surface area contributed by atoms with E-state index in [-0.39, 0.29) is 23.3 Å². The summed E-state index contributed by atoms with van der Waals surface area (Å²) in [5.41, 5.74) is 6.56. The lowest BCUT2D eigenvalue weighted by molar-refractivity contribution is 0.577. The molecule has 0 amide bonds. The van der Waals surface area contributed by atoms with Crippen molar-refractivity contribution in [1.82, 2.24) is 15.1 Å². The van der Waals surface area contributed by atoms with E-state index >= 15 is 0 Å². The minimum absolute atomic E-state index is 0. The summed E-state index contributed by atoms with van der Waals surface area (Å²) in [4.78, 5) is 4.48. The van der Waals surface area contributed by atoms with Gasteiger partial charge < -0.3 is 5.43 Å². The highest BCUT2D eigenvalue weighted by Crippen LogP contribution is 2.34. The first kappa shape index (κ1) is 27.6. The number of hydrogen-bond acceptors (Lipinski definition) is 5. The Morgan fingerprint density at radius 1 is 1.00 bits per heavy atom. The van der Waals surface area contributed by atoms with Crippen molar-refractivity contribution in [3.05, 3.63) is 105 Å². The number of pyridine rings is 1. The Hall–Kier alpha value is -2.39. The number of nitrogens with zero attached hydrogens (tertiary/aromatic N) is 2. The highest BCUT2D eigenvalue weighted by molar-refractivity contribution is 7.89. The van der Waals surface area contributed by atoms with Gasteiger partial charge in [0.05, 0.1) is 23.3 Å². The molecule has 11 heteroatoms. The first-order chi connectivity index (χ1) is 17.2. The summed E-state index contributed by atoms with van der Waals surface area (Å²) >= 11 is 18.7. The second kappa shape index (κ2) is 11.2. The molecule has 0 bridgehead atoms. The molecule has 1 aliphatic rings. The summed E-state index contributed by atoms with van der Waals surface area (Å²) in [6.45, 7) is 1.91. The zero-order chi connectivity index (χ0) is 25.4. The van der Waals surface area contributed by atoms with Crippen molar-refractivity contribution >= 4 is 73.8 Å². The average Bonchev–Trinajstić information content (AvgIpc) is 3.33. The van der Waals surface area contributed by atoms with Crippen molar-refractivity contribution in [3.63, 3.8) is 0 Å². The molecule has 0 radical (unpaired) electrons. The molecule has 2 atom stereocenters. The van der Waals surface area contributed by atoms with Crippen LogP contribution in [0.3, 0.4) is 0 Å². The van der Waals surface area contributed by atoms with Gasteiger partial charge in [0.25, 0.3) is 0 Å². The van der Waals surface area contributed by atoms with Gasteiger partial charge in [0, 0.05) is 33.1 Å². The van der Waals surface area contributed by atoms with Crippen LogP contribution in [0.1, 0.15) is 35.2 Å². The lowest BCUT2D eigenvalue weighted by Crippen LogP contribution is -2.34. The molecule has 1 aliphatic heterocycles. The first-order valence-corrected chi connectivity index (χ1v) is 13.7. The number of hydrogen-bond donors (Lipinski definition) is 2. The molecule has 3 aromatic carbocycles. The minimum Gasteiger partial charge on any atom is -0.302 e. The Kier molecular flexibility index (Phi) is 8.33. The Morgan fingerprint density at radius 3 is 2.46 bits per heavy atom. The van der Waals surface area contributed by atoms with E-state index in [0.29, 0.717) is 38.3 Å². The number of hydrazone groups is 1. The molecule has 0 fully saturated rings. The van der Waals surface area contributed by atoms with E-state index < -0.39 is 16.1 Å². The van der Waals surface area contributed by atoms with E-state index in [0.717, 1.165) is 16.5 Å². The van der Waals surface area contributed by atoms with Gasteiger partial charge in [0.1, 0.15) is 4.90 Å². The number of para-hydroxylation sites is 1. The molecule has 2 unspecified atom stereocenters. The van der Waals surface area contributed by atoms with Crippen LogP contribution >= 0.6 is 47.2 Å². The number of rotatable bonds is 6. The quantitative estimate of drug-likeness (QED) is 0.250. The second-order valence-electron chi connectivity index (χ2n) is 8.60. The highest BCUT2D eigenvalue weighted by atomic mass is 35.5. The topological polar surface area (TPSA) is 83.5 Å². The van der Waals surface area contributed by atoms with Crippen molar-refractivity contribution in [2.24, 2.45) is 5.10 Å². The summed E-state index contributed by atoms with van der Waals surface area (Å²) in [7, 11) is -4.03. The van der Waals surface area contributed by atoms with Gasteiger partial charge in [-0.25, -0.2) is 8.42 Å². The monoisotopic (exact) mass is 594 g/mol. The lowest BCUT2D eigenvalue weighted by Gasteiger charge is -2.21. The SMILES string of the molecule is Cc1cnc2c(S(=O)(=O)NC(C3=NNC(c4ccc(Cl)cc4)C3)c3ccc(Cl)cc3Cl)cccc2c1.Cl. The van der Waals surface area contributed by atoms with Gasteiger partial charge in [-0.2, -0.15) is 9.82 Å². The Labute approximate surface area is 236 Å². The summed E-state index contributed by atoms with van der Waals surface area (Å²) in [5.74, 6) is 0. The van der Waals surface area contributed by atoms with Crippen LogP contribution in [-0.2, 0) is 10.0 Å². The third kappa shape index (κ3) is 5.87. The normalized spacial score (nSPS) is 16.1. The van der Waals surface area contributed by atoms with E-state index in [4.69, 9.17) is 34.8 Å². The number of aromatic nitrogens is 1. The molecule has 37 heavy (non-hydrogen) atoms. The number of fused-ring (bicyclic) bond motifs is 1. The summed E-state index contributed by atoms with van der Waals surface area (Å²) in [6.07, 6.45) is 2.11. The van der Waals surface area contributed by atoms with Crippen LogP contribution < -0.4 is 10.1 Å². The zero-order valence-corrected chi connectivity index (χ0v) is 23.4. The molecule has 0 saturated carbocycles. The van der Waals surface area contributed by atoms with E-state index in [9.17, 15) is 8.42 Å². The van der Waals surface area contributed by atoms with Crippen molar-refractivity contribution in [1.29, 1.82) is 0 Å². The van der Waals surface area contributed by atoms with Gasteiger partial charge in [0.2, 0.25) is 10.0 Å². The predicted octanol–water partition coefficient (Wildman–Crippen LogP) is 7.04. The standard InChI is InChI=1S/C26H21Cl3N4O2S.ClH/c1-15-11-17-3-2-4-24(25(17)30-14-15)36(34,35)33-26(20-10-9-19(28)12-21(20)29)23-13-22(31-32-23)16-5-7-18(27)8-6-16;/h2-12,14,22,26,31,33H,13H2,1H3;1H. The number of halogens is 4. The molecule has 4 aromatic rings. The van der Waals surface area contributed by atoms with E-state index in [1.165, 1.54) is 0 Å². The molecular formula is C26H22Cl4N4O2S. The maximum Gasteiger partial charge on any atom is 0.243 e. The summed E-state index contributed by atoms with van der Waals surface area (Å²) < 4.78 is 30.3. The fraction of sp³-hybridized carbons (Fsp3) is 0.154. The third-order valence-electron chi connectivity index (χ3n) is 6.03. The van der Waals surface area contributed by atoms with Gasteiger partial charge in [-0.3, -0.25) is 4.98 Å². The second-order valence-corrected chi connectivity index (χ2v) is 11.6. The predicted molar refractivity (Wildman–Crippen MR) is 153 cm³/mol. The maximum absolute atomic E-state index is 13.7. The molecule has 0 saturated heterocycles. The fourth-order valence-corrected chi connectivity index (χ4v) is 6.28. The van der Waals surface area contributed by atoms with Gasteiger partial charge in [0.15, 0.2) is 0 Å². The zero-order valence-electron chi connectivity index (χ0n) is 19.5. The molecule has 5 rings (SSSR count). The molecule has 2 N–H and O–H groups in total. The van der Waals surface area contributed by atoms with Crippen LogP contribution in [0.5, 0.6) is 0 Å². The first-order valence-electron chi connectivity index (χ1n) is 11.1. The smallest absolute Gasteiger partial charge is 0.243 e.